The van der Waals surface area contributed by atoms with Gasteiger partial charge in [0.25, 0.3) is 0 Å². The molecule has 1 aromatic rings. The molecular weight excluding hydrogens is 282 g/mol. The lowest BCUT2D eigenvalue weighted by Crippen LogP contribution is -2.37. The minimum atomic E-state index is 0.108. The van der Waals surface area contributed by atoms with Gasteiger partial charge in [-0.25, -0.2) is 0 Å². The average molecular weight is 305 g/mol. The highest BCUT2D eigenvalue weighted by Crippen LogP contribution is 2.31. The number of para-hydroxylation sites is 1. The van der Waals surface area contributed by atoms with Crippen molar-refractivity contribution in [2.45, 2.75) is 6.42 Å². The predicted octanol–water partition coefficient (Wildman–Crippen LogP) is 2.01. The van der Waals surface area contributed by atoms with Crippen LogP contribution in [0.1, 0.15) is 12.0 Å². The van der Waals surface area contributed by atoms with Crippen LogP contribution in [0.5, 0.6) is 11.5 Å². The third kappa shape index (κ3) is 4.58. The molecule has 0 amide bonds. The molecular formula is C17H23NO4. The van der Waals surface area contributed by atoms with E-state index in [1.54, 1.807) is 26.4 Å². The highest BCUT2D eigenvalue weighted by atomic mass is 16.5. The van der Waals surface area contributed by atoms with Crippen molar-refractivity contribution in [1.29, 1.82) is 0 Å². The second-order valence-corrected chi connectivity index (χ2v) is 5.09. The minimum Gasteiger partial charge on any atom is -0.493 e. The molecule has 1 aliphatic rings. The molecule has 0 unspecified atom stereocenters. The lowest BCUT2D eigenvalue weighted by Gasteiger charge is -2.25. The highest BCUT2D eigenvalue weighted by Gasteiger charge is 2.11. The number of allylic oxidation sites excluding steroid dienone is 1. The molecule has 2 rings (SSSR count). The maximum atomic E-state index is 12.0. The van der Waals surface area contributed by atoms with Crippen molar-refractivity contribution in [3.8, 4) is 11.5 Å². The highest BCUT2D eigenvalue weighted by molar-refractivity contribution is 5.94. The van der Waals surface area contributed by atoms with Crippen molar-refractivity contribution < 1.29 is 19.0 Å². The molecule has 0 aromatic heterocycles. The molecule has 1 heterocycles. The normalized spacial score (nSPS) is 15.9. The Balaban J connectivity index is 1.91. The van der Waals surface area contributed by atoms with Crippen molar-refractivity contribution in [3.05, 3.63) is 29.8 Å². The molecule has 1 fully saturated rings. The van der Waals surface area contributed by atoms with Crippen molar-refractivity contribution in [1.82, 2.24) is 4.90 Å². The number of methoxy groups -OCH3 is 2. The average Bonchev–Trinajstić information content (AvgIpc) is 2.58. The van der Waals surface area contributed by atoms with Crippen LogP contribution in [0.2, 0.25) is 0 Å². The number of nitrogens with zero attached hydrogens (tertiary/aromatic N) is 1. The lowest BCUT2D eigenvalue weighted by molar-refractivity contribution is -0.115. The minimum absolute atomic E-state index is 0.108. The maximum Gasteiger partial charge on any atom is 0.167 e. The Kier molecular flexibility index (Phi) is 6.43. The first-order valence-corrected chi connectivity index (χ1v) is 7.46. The Morgan fingerprint density at radius 3 is 2.73 bits per heavy atom. The van der Waals surface area contributed by atoms with Gasteiger partial charge in [0.2, 0.25) is 0 Å². The number of hydrogen-bond donors (Lipinski definition) is 0. The molecule has 0 N–H and O–H groups in total. The van der Waals surface area contributed by atoms with E-state index in [4.69, 9.17) is 14.2 Å². The predicted molar refractivity (Wildman–Crippen MR) is 85.5 cm³/mol. The van der Waals surface area contributed by atoms with Gasteiger partial charge in [-0.2, -0.15) is 0 Å². The first-order valence-electron chi connectivity index (χ1n) is 7.46. The van der Waals surface area contributed by atoms with Crippen LogP contribution in [0.4, 0.5) is 0 Å². The first kappa shape index (κ1) is 16.5. The number of rotatable bonds is 7. The Morgan fingerprint density at radius 2 is 2.05 bits per heavy atom. The SMILES string of the molecule is COc1cccc(/C=C\C(=O)CCN2CCOCC2)c1OC. The lowest BCUT2D eigenvalue weighted by atomic mass is 10.1. The zero-order chi connectivity index (χ0) is 15.8. The van der Waals surface area contributed by atoms with E-state index in [0.29, 0.717) is 17.9 Å². The third-order valence-corrected chi connectivity index (χ3v) is 3.66. The summed E-state index contributed by atoms with van der Waals surface area (Å²) in [6, 6.07) is 5.60. The van der Waals surface area contributed by atoms with Crippen molar-refractivity contribution in [3.63, 3.8) is 0 Å². The quantitative estimate of drug-likeness (QED) is 0.721. The molecule has 0 saturated carbocycles. The fraction of sp³-hybridized carbons (Fsp3) is 0.471. The molecule has 0 radical (unpaired) electrons. The van der Waals surface area contributed by atoms with Crippen LogP contribution in [-0.2, 0) is 9.53 Å². The van der Waals surface area contributed by atoms with E-state index in [9.17, 15) is 4.79 Å². The van der Waals surface area contributed by atoms with Gasteiger partial charge in [-0.1, -0.05) is 12.1 Å². The molecule has 1 saturated heterocycles. The van der Waals surface area contributed by atoms with Crippen molar-refractivity contribution in [2.75, 3.05) is 47.1 Å². The van der Waals surface area contributed by atoms with Crippen molar-refractivity contribution in [2.24, 2.45) is 0 Å². The monoisotopic (exact) mass is 305 g/mol. The molecule has 5 heteroatoms. The molecule has 0 aliphatic carbocycles. The van der Waals surface area contributed by atoms with E-state index in [-0.39, 0.29) is 5.78 Å². The van der Waals surface area contributed by atoms with Gasteiger partial charge >= 0.3 is 0 Å². The van der Waals surface area contributed by atoms with Crippen LogP contribution in [0.3, 0.4) is 0 Å². The van der Waals surface area contributed by atoms with Gasteiger partial charge in [-0.3, -0.25) is 9.69 Å². The summed E-state index contributed by atoms with van der Waals surface area (Å²) < 4.78 is 15.9. The van der Waals surface area contributed by atoms with Crippen LogP contribution < -0.4 is 9.47 Å². The van der Waals surface area contributed by atoms with E-state index in [1.807, 2.05) is 18.2 Å². The molecule has 1 aliphatic heterocycles. The van der Waals surface area contributed by atoms with Gasteiger partial charge in [0.15, 0.2) is 17.3 Å². The molecule has 1 aromatic carbocycles. The summed E-state index contributed by atoms with van der Waals surface area (Å²) in [6.45, 7) is 4.10. The van der Waals surface area contributed by atoms with Crippen LogP contribution in [0.25, 0.3) is 6.08 Å². The summed E-state index contributed by atoms with van der Waals surface area (Å²) in [4.78, 5) is 14.2. The third-order valence-electron chi connectivity index (χ3n) is 3.66. The van der Waals surface area contributed by atoms with E-state index in [1.165, 1.54) is 0 Å². The molecule has 22 heavy (non-hydrogen) atoms. The molecule has 0 spiro atoms. The van der Waals surface area contributed by atoms with Gasteiger partial charge in [0.05, 0.1) is 27.4 Å². The van der Waals surface area contributed by atoms with Gasteiger partial charge in [-0.15, -0.1) is 0 Å². The zero-order valence-corrected chi connectivity index (χ0v) is 13.2. The second-order valence-electron chi connectivity index (χ2n) is 5.09. The van der Waals surface area contributed by atoms with E-state index >= 15 is 0 Å². The Bertz CT molecular complexity index is 521. The van der Waals surface area contributed by atoms with Crippen LogP contribution in [-0.4, -0.2) is 57.8 Å². The summed E-state index contributed by atoms with van der Waals surface area (Å²) >= 11 is 0. The number of morpholine rings is 1. The summed E-state index contributed by atoms with van der Waals surface area (Å²) in [5.41, 5.74) is 0.835. The van der Waals surface area contributed by atoms with E-state index in [0.717, 1.165) is 38.4 Å². The van der Waals surface area contributed by atoms with Crippen molar-refractivity contribution >= 4 is 11.9 Å². The maximum absolute atomic E-state index is 12.0. The van der Waals surface area contributed by atoms with E-state index in [2.05, 4.69) is 4.90 Å². The number of hydrogen-bond acceptors (Lipinski definition) is 5. The topological polar surface area (TPSA) is 48.0 Å². The Hall–Kier alpha value is -1.85. The largest absolute Gasteiger partial charge is 0.493 e. The van der Waals surface area contributed by atoms with Crippen LogP contribution >= 0.6 is 0 Å². The standard InChI is InChI=1S/C17H23NO4/c1-20-16-5-3-4-14(17(16)21-2)6-7-15(19)8-9-18-10-12-22-13-11-18/h3-7H,8-13H2,1-2H3/b7-6-. The van der Waals surface area contributed by atoms with Gasteiger partial charge in [0.1, 0.15) is 0 Å². The fourth-order valence-corrected chi connectivity index (χ4v) is 2.40. The summed E-state index contributed by atoms with van der Waals surface area (Å²) in [5.74, 6) is 1.41. The van der Waals surface area contributed by atoms with Gasteiger partial charge < -0.3 is 14.2 Å². The number of ether oxygens (including phenoxy) is 3. The number of benzene rings is 1. The molecule has 120 valence electrons. The molecule has 0 bridgehead atoms. The summed E-state index contributed by atoms with van der Waals surface area (Å²) in [5, 5.41) is 0. The first-order chi connectivity index (χ1) is 10.7. The van der Waals surface area contributed by atoms with Crippen LogP contribution in [0.15, 0.2) is 24.3 Å². The zero-order valence-electron chi connectivity index (χ0n) is 13.2. The Morgan fingerprint density at radius 1 is 1.27 bits per heavy atom. The van der Waals surface area contributed by atoms with E-state index < -0.39 is 0 Å². The number of carbonyl (C=O) groups is 1. The summed E-state index contributed by atoms with van der Waals surface area (Å²) in [6.07, 6.45) is 3.91. The summed E-state index contributed by atoms with van der Waals surface area (Å²) in [7, 11) is 3.19. The smallest absolute Gasteiger partial charge is 0.167 e. The fourth-order valence-electron chi connectivity index (χ4n) is 2.40. The molecule has 0 atom stereocenters. The number of carbonyl (C=O) groups excluding carboxylic acids is 1. The second kappa shape index (κ2) is 8.56. The Labute approximate surface area is 131 Å². The van der Waals surface area contributed by atoms with Crippen LogP contribution in [0, 0.1) is 0 Å². The molecule has 5 nitrogen and oxygen atoms in total. The van der Waals surface area contributed by atoms with Gasteiger partial charge in [0, 0.05) is 31.6 Å². The number of ketones is 1. The van der Waals surface area contributed by atoms with Gasteiger partial charge in [-0.05, 0) is 18.2 Å².